The first kappa shape index (κ1) is 22.9. The monoisotopic (exact) mass is 422 g/mol. The van der Waals surface area contributed by atoms with E-state index in [0.29, 0.717) is 18.1 Å². The summed E-state index contributed by atoms with van der Waals surface area (Å²) in [6.45, 7) is 7.08. The number of ether oxygens (including phenoxy) is 1. The van der Waals surface area contributed by atoms with Crippen molar-refractivity contribution in [1.82, 2.24) is 9.88 Å². The molecule has 0 saturated carbocycles. The van der Waals surface area contributed by atoms with Gasteiger partial charge in [0.05, 0.1) is 5.69 Å². The Morgan fingerprint density at radius 1 is 1.06 bits per heavy atom. The number of benzene rings is 2. The second-order valence-corrected chi connectivity index (χ2v) is 8.23. The van der Waals surface area contributed by atoms with Crippen molar-refractivity contribution in [2.75, 3.05) is 14.1 Å². The minimum Gasteiger partial charge on any atom is -0.507 e. The summed E-state index contributed by atoms with van der Waals surface area (Å²) in [7, 11) is 4.12. The van der Waals surface area contributed by atoms with Gasteiger partial charge in [-0.2, -0.15) is 0 Å². The van der Waals surface area contributed by atoms with Crippen LogP contribution in [0.15, 0.2) is 47.1 Å². The highest BCUT2D eigenvalue weighted by molar-refractivity contribution is 5.60. The van der Waals surface area contributed by atoms with Gasteiger partial charge in [0.15, 0.2) is 0 Å². The fourth-order valence-corrected chi connectivity index (χ4v) is 3.73. The summed E-state index contributed by atoms with van der Waals surface area (Å²) < 4.78 is 12.1. The molecule has 2 aromatic carbocycles. The molecule has 0 aliphatic carbocycles. The lowest BCUT2D eigenvalue weighted by molar-refractivity contribution is 0.196. The Kier molecular flexibility index (Phi) is 7.75. The maximum Gasteiger partial charge on any atom is 0.226 e. The quantitative estimate of drug-likeness (QED) is 0.459. The number of oxazole rings is 1. The Hall–Kier alpha value is -2.79. The van der Waals surface area contributed by atoms with Gasteiger partial charge >= 0.3 is 0 Å². The van der Waals surface area contributed by atoms with Crippen molar-refractivity contribution < 1.29 is 14.3 Å². The van der Waals surface area contributed by atoms with Crippen LogP contribution in [0, 0.1) is 0 Å². The average molecular weight is 423 g/mol. The van der Waals surface area contributed by atoms with E-state index in [9.17, 15) is 5.11 Å². The van der Waals surface area contributed by atoms with Crippen molar-refractivity contribution in [3.05, 3.63) is 65.0 Å². The van der Waals surface area contributed by atoms with Crippen LogP contribution in [0.5, 0.6) is 11.5 Å². The van der Waals surface area contributed by atoms with Gasteiger partial charge in [0.1, 0.15) is 23.9 Å². The molecular weight excluding hydrogens is 388 g/mol. The fraction of sp³-hybridized carbons (Fsp3) is 0.423. The summed E-state index contributed by atoms with van der Waals surface area (Å²) in [5.74, 6) is 1.85. The van der Waals surface area contributed by atoms with Gasteiger partial charge < -0.3 is 19.2 Å². The smallest absolute Gasteiger partial charge is 0.226 e. The standard InChI is InChI=1S/C26H34N2O3/c1-6-19-13-21(14-20(7-2)25(19)29)26-27-22(17-30-26)15-23(8-3)31-24-11-9-10-18(12-24)16-28(4)5/h9-14,17,23,29H,6-8,15-16H2,1-5H3. The summed E-state index contributed by atoms with van der Waals surface area (Å²) in [5.41, 5.74) is 4.84. The third kappa shape index (κ3) is 5.88. The number of aryl methyl sites for hydroxylation is 2. The summed E-state index contributed by atoms with van der Waals surface area (Å²) in [6, 6.07) is 12.2. The van der Waals surface area contributed by atoms with Crippen LogP contribution in [-0.2, 0) is 25.8 Å². The van der Waals surface area contributed by atoms with Gasteiger partial charge in [-0.3, -0.25) is 0 Å². The number of phenols is 1. The van der Waals surface area contributed by atoms with Gasteiger partial charge in [-0.1, -0.05) is 32.9 Å². The molecule has 0 saturated heterocycles. The Labute approximate surface area is 185 Å². The zero-order valence-corrected chi connectivity index (χ0v) is 19.3. The molecular formula is C26H34N2O3. The Morgan fingerprint density at radius 2 is 1.77 bits per heavy atom. The number of nitrogens with zero attached hydrogens (tertiary/aromatic N) is 2. The molecule has 0 radical (unpaired) electrons. The second-order valence-electron chi connectivity index (χ2n) is 8.23. The van der Waals surface area contributed by atoms with Crippen molar-refractivity contribution >= 4 is 0 Å². The lowest BCUT2D eigenvalue weighted by Gasteiger charge is -2.18. The summed E-state index contributed by atoms with van der Waals surface area (Å²) in [6.07, 6.45) is 4.81. The minimum atomic E-state index is 0.0183. The first-order chi connectivity index (χ1) is 14.9. The predicted molar refractivity (Wildman–Crippen MR) is 125 cm³/mol. The van der Waals surface area contributed by atoms with E-state index in [1.165, 1.54) is 5.56 Å². The van der Waals surface area contributed by atoms with E-state index in [1.54, 1.807) is 6.26 Å². The molecule has 31 heavy (non-hydrogen) atoms. The van der Waals surface area contributed by atoms with Gasteiger partial charge in [-0.15, -0.1) is 0 Å². The Bertz CT molecular complexity index is 969. The first-order valence-corrected chi connectivity index (χ1v) is 11.1. The molecule has 0 amide bonds. The lowest BCUT2D eigenvalue weighted by Crippen LogP contribution is -2.19. The number of rotatable bonds is 10. The van der Waals surface area contributed by atoms with Gasteiger partial charge in [0.2, 0.25) is 5.89 Å². The molecule has 0 spiro atoms. The zero-order valence-electron chi connectivity index (χ0n) is 19.3. The molecule has 0 bridgehead atoms. The largest absolute Gasteiger partial charge is 0.507 e. The highest BCUT2D eigenvalue weighted by Gasteiger charge is 2.16. The van der Waals surface area contributed by atoms with Crippen LogP contribution in [0.3, 0.4) is 0 Å². The van der Waals surface area contributed by atoms with E-state index in [4.69, 9.17) is 14.1 Å². The predicted octanol–water partition coefficient (Wildman–Crippen LogP) is 5.63. The van der Waals surface area contributed by atoms with Crippen molar-refractivity contribution in [1.29, 1.82) is 0 Å². The van der Waals surface area contributed by atoms with Gasteiger partial charge in [-0.05, 0) is 74.3 Å². The number of phenolic OH excluding ortho intramolecular Hbond substituents is 1. The molecule has 0 aliphatic rings. The van der Waals surface area contributed by atoms with Crippen molar-refractivity contribution in [2.45, 2.75) is 59.1 Å². The van der Waals surface area contributed by atoms with Crippen LogP contribution in [0.1, 0.15) is 49.6 Å². The molecule has 5 nitrogen and oxygen atoms in total. The van der Waals surface area contributed by atoms with Gasteiger partial charge in [-0.25, -0.2) is 4.98 Å². The van der Waals surface area contributed by atoms with E-state index >= 15 is 0 Å². The molecule has 3 aromatic rings. The molecule has 5 heteroatoms. The van der Waals surface area contributed by atoms with E-state index in [-0.39, 0.29) is 6.10 Å². The maximum absolute atomic E-state index is 10.4. The SMILES string of the molecule is CCc1cc(-c2nc(CC(CC)Oc3cccc(CN(C)C)c3)co2)cc(CC)c1O. The number of aromatic hydroxyl groups is 1. The second kappa shape index (κ2) is 10.5. The number of hydrogen-bond acceptors (Lipinski definition) is 5. The van der Waals surface area contributed by atoms with Gasteiger partial charge in [0, 0.05) is 18.5 Å². The zero-order chi connectivity index (χ0) is 22.4. The number of aromatic nitrogens is 1. The summed E-state index contributed by atoms with van der Waals surface area (Å²) >= 11 is 0. The topological polar surface area (TPSA) is 58.7 Å². The van der Waals surface area contributed by atoms with Crippen LogP contribution in [0.4, 0.5) is 0 Å². The van der Waals surface area contributed by atoms with Crippen LogP contribution in [-0.4, -0.2) is 35.2 Å². The molecule has 3 rings (SSSR count). The first-order valence-electron chi connectivity index (χ1n) is 11.1. The van der Waals surface area contributed by atoms with Crippen LogP contribution in [0.2, 0.25) is 0 Å². The highest BCUT2D eigenvalue weighted by atomic mass is 16.5. The minimum absolute atomic E-state index is 0.0183. The highest BCUT2D eigenvalue weighted by Crippen LogP contribution is 2.31. The maximum atomic E-state index is 10.4. The van der Waals surface area contributed by atoms with E-state index in [1.807, 2.05) is 38.1 Å². The van der Waals surface area contributed by atoms with Crippen LogP contribution >= 0.6 is 0 Å². The Balaban J connectivity index is 1.74. The number of hydrogen-bond donors (Lipinski definition) is 1. The molecule has 166 valence electrons. The normalized spacial score (nSPS) is 12.3. The molecule has 1 heterocycles. The molecule has 0 aliphatic heterocycles. The third-order valence-electron chi connectivity index (χ3n) is 5.42. The van der Waals surface area contributed by atoms with E-state index in [2.05, 4.69) is 38.1 Å². The van der Waals surface area contributed by atoms with Crippen LogP contribution in [0.25, 0.3) is 11.5 Å². The molecule has 1 unspecified atom stereocenters. The summed E-state index contributed by atoms with van der Waals surface area (Å²) in [4.78, 5) is 6.86. The van der Waals surface area contributed by atoms with Crippen molar-refractivity contribution in [3.8, 4) is 23.0 Å². The molecule has 0 fully saturated rings. The van der Waals surface area contributed by atoms with Crippen molar-refractivity contribution in [2.24, 2.45) is 0 Å². The fourth-order valence-electron chi connectivity index (χ4n) is 3.73. The lowest BCUT2D eigenvalue weighted by atomic mass is 10.0. The van der Waals surface area contributed by atoms with E-state index in [0.717, 1.165) is 53.9 Å². The average Bonchev–Trinajstić information content (AvgIpc) is 3.21. The molecule has 1 atom stereocenters. The summed E-state index contributed by atoms with van der Waals surface area (Å²) in [5, 5.41) is 10.4. The Morgan fingerprint density at radius 3 is 2.39 bits per heavy atom. The van der Waals surface area contributed by atoms with Crippen molar-refractivity contribution in [3.63, 3.8) is 0 Å². The van der Waals surface area contributed by atoms with Gasteiger partial charge in [0.25, 0.3) is 0 Å². The molecule has 1 aromatic heterocycles. The third-order valence-corrected chi connectivity index (χ3v) is 5.42. The molecule has 1 N–H and O–H groups in total. The van der Waals surface area contributed by atoms with E-state index < -0.39 is 0 Å². The van der Waals surface area contributed by atoms with Crippen LogP contribution < -0.4 is 4.74 Å².